The van der Waals surface area contributed by atoms with Gasteiger partial charge in [0.1, 0.15) is 0 Å². The largest absolute Gasteiger partial charge is 0.478 e. The van der Waals surface area contributed by atoms with E-state index in [1.807, 2.05) is 6.92 Å². The number of carboxylic acid groups (broad SMARTS) is 1. The van der Waals surface area contributed by atoms with Gasteiger partial charge < -0.3 is 14.9 Å². The minimum atomic E-state index is -4.42. The zero-order chi connectivity index (χ0) is 15.3. The molecule has 0 fully saturated rings. The van der Waals surface area contributed by atoms with E-state index in [2.05, 4.69) is 0 Å². The van der Waals surface area contributed by atoms with Gasteiger partial charge >= 0.3 is 13.6 Å². The Hall–Kier alpha value is -0.640. The molecule has 0 heterocycles. The van der Waals surface area contributed by atoms with Crippen LogP contribution in [0.15, 0.2) is 11.1 Å². The van der Waals surface area contributed by atoms with Crippen molar-refractivity contribution in [1.29, 1.82) is 0 Å². The van der Waals surface area contributed by atoms with Crippen LogP contribution in [-0.4, -0.2) is 26.0 Å². The highest BCUT2D eigenvalue weighted by molar-refractivity contribution is 7.53. The molecule has 0 aromatic rings. The molecule has 6 heteroatoms. The zero-order valence-corrected chi connectivity index (χ0v) is 13.0. The summed E-state index contributed by atoms with van der Waals surface area (Å²) in [6.45, 7) is 6.79. The van der Waals surface area contributed by atoms with Gasteiger partial charge in [-0.05, 0) is 38.2 Å². The van der Waals surface area contributed by atoms with E-state index in [1.165, 1.54) is 6.92 Å². The summed E-state index contributed by atoms with van der Waals surface area (Å²) in [6, 6.07) is 0. The molecular weight excluding hydrogens is 267 g/mol. The Morgan fingerprint density at radius 1 is 1.16 bits per heavy atom. The van der Waals surface area contributed by atoms with Gasteiger partial charge in [-0.1, -0.05) is 27.2 Å². The van der Waals surface area contributed by atoms with Crippen molar-refractivity contribution in [3.05, 3.63) is 11.1 Å². The van der Waals surface area contributed by atoms with Gasteiger partial charge in [-0.3, -0.25) is 4.57 Å². The second kappa shape index (κ2) is 7.22. The first-order chi connectivity index (χ1) is 8.67. The van der Waals surface area contributed by atoms with E-state index in [1.54, 1.807) is 13.8 Å². The molecule has 0 saturated heterocycles. The van der Waals surface area contributed by atoms with Gasteiger partial charge in [0.25, 0.3) is 0 Å². The molecule has 0 aromatic heterocycles. The average Bonchev–Trinajstić information content (AvgIpc) is 2.32. The molecule has 0 saturated carbocycles. The minimum absolute atomic E-state index is 0.0699. The van der Waals surface area contributed by atoms with Gasteiger partial charge in [0.15, 0.2) is 0 Å². The zero-order valence-electron chi connectivity index (χ0n) is 12.1. The Kier molecular flexibility index (Phi) is 6.98. The van der Waals surface area contributed by atoms with Crippen molar-refractivity contribution in [2.24, 2.45) is 0 Å². The highest BCUT2D eigenvalue weighted by atomic mass is 31.2. The lowest BCUT2D eigenvalue weighted by atomic mass is 9.85. The molecular formula is C13H25O5P. The fraction of sp³-hybridized carbons (Fsp3) is 0.769. The van der Waals surface area contributed by atoms with Crippen LogP contribution in [0.25, 0.3) is 0 Å². The molecule has 5 nitrogen and oxygen atoms in total. The molecule has 0 bridgehead atoms. The Labute approximate surface area is 114 Å². The van der Waals surface area contributed by atoms with Crippen LogP contribution in [0.5, 0.6) is 0 Å². The SMILES string of the molecule is CCCCC(=C(C)C(=O)O)C(CC)(CC)P(=O)(O)O. The normalized spacial score (nSPS) is 14.2. The first kappa shape index (κ1) is 18.4. The fourth-order valence-corrected chi connectivity index (χ4v) is 3.97. The van der Waals surface area contributed by atoms with Crippen molar-refractivity contribution >= 4 is 13.6 Å². The first-order valence-corrected chi connectivity index (χ1v) is 8.28. The summed E-state index contributed by atoms with van der Waals surface area (Å²) in [5.74, 6) is -1.11. The number of hydrogen-bond acceptors (Lipinski definition) is 2. The number of hydrogen-bond donors (Lipinski definition) is 3. The standard InChI is InChI=1S/C13H25O5P/c1-5-8-9-11(10(4)12(14)15)13(6-2,7-3)19(16,17)18/h5-9H2,1-4H3,(H,14,15)(H2,16,17,18). The summed E-state index contributed by atoms with van der Waals surface area (Å²) in [5.41, 5.74) is 0.473. The Bertz CT molecular complexity index is 390. The monoisotopic (exact) mass is 292 g/mol. The fourth-order valence-electron chi connectivity index (χ4n) is 2.52. The number of carbonyl (C=O) groups is 1. The molecule has 0 rings (SSSR count). The lowest BCUT2D eigenvalue weighted by molar-refractivity contribution is -0.132. The smallest absolute Gasteiger partial charge is 0.335 e. The van der Waals surface area contributed by atoms with E-state index < -0.39 is 18.7 Å². The lowest BCUT2D eigenvalue weighted by Gasteiger charge is -2.36. The molecule has 3 N–H and O–H groups in total. The predicted molar refractivity (Wildman–Crippen MR) is 75.2 cm³/mol. The predicted octanol–water partition coefficient (Wildman–Crippen LogP) is 3.31. The third kappa shape index (κ3) is 3.91. The number of aliphatic carboxylic acids is 1. The van der Waals surface area contributed by atoms with Gasteiger partial charge in [-0.2, -0.15) is 0 Å². The van der Waals surface area contributed by atoms with Crippen LogP contribution in [0.1, 0.15) is 59.8 Å². The van der Waals surface area contributed by atoms with Crippen LogP contribution in [0, 0.1) is 0 Å². The van der Waals surface area contributed by atoms with Gasteiger partial charge in [0, 0.05) is 5.57 Å². The quantitative estimate of drug-likeness (QED) is 0.471. The maximum atomic E-state index is 11.9. The molecule has 0 aliphatic carbocycles. The van der Waals surface area contributed by atoms with E-state index in [-0.39, 0.29) is 18.4 Å². The molecule has 0 aliphatic heterocycles. The summed E-state index contributed by atoms with van der Waals surface area (Å²) in [5, 5.41) is 7.82. The maximum Gasteiger partial charge on any atom is 0.335 e. The average molecular weight is 292 g/mol. The Morgan fingerprint density at radius 2 is 1.63 bits per heavy atom. The van der Waals surface area contributed by atoms with Crippen molar-refractivity contribution < 1.29 is 24.3 Å². The van der Waals surface area contributed by atoms with Crippen molar-refractivity contribution in [3.8, 4) is 0 Å². The minimum Gasteiger partial charge on any atom is -0.478 e. The van der Waals surface area contributed by atoms with E-state index in [4.69, 9.17) is 5.11 Å². The summed E-state index contributed by atoms with van der Waals surface area (Å²) >= 11 is 0. The molecule has 0 amide bonds. The third-order valence-corrected chi connectivity index (χ3v) is 5.86. The van der Waals surface area contributed by atoms with E-state index >= 15 is 0 Å². The van der Waals surface area contributed by atoms with Crippen LogP contribution in [0.3, 0.4) is 0 Å². The topological polar surface area (TPSA) is 94.8 Å². The number of allylic oxidation sites excluding steroid dienone is 1. The van der Waals surface area contributed by atoms with Crippen molar-refractivity contribution in [2.45, 2.75) is 65.0 Å². The molecule has 0 unspecified atom stereocenters. The Morgan fingerprint density at radius 3 is 1.89 bits per heavy atom. The molecule has 0 spiro atoms. The molecule has 0 radical (unpaired) electrons. The van der Waals surface area contributed by atoms with Crippen LogP contribution in [0.2, 0.25) is 0 Å². The van der Waals surface area contributed by atoms with Crippen LogP contribution in [-0.2, 0) is 9.36 Å². The Balaban J connectivity index is 6.00. The van der Waals surface area contributed by atoms with E-state index in [0.29, 0.717) is 12.0 Å². The van der Waals surface area contributed by atoms with Crippen LogP contribution >= 0.6 is 7.60 Å². The van der Waals surface area contributed by atoms with Crippen LogP contribution in [0.4, 0.5) is 0 Å². The number of unbranched alkanes of at least 4 members (excludes halogenated alkanes) is 1. The summed E-state index contributed by atoms with van der Waals surface area (Å²) < 4.78 is 11.9. The maximum absolute atomic E-state index is 11.9. The molecule has 0 aliphatic rings. The second-order valence-corrected chi connectivity index (χ2v) is 6.74. The summed E-state index contributed by atoms with van der Waals surface area (Å²) in [7, 11) is -4.42. The molecule has 0 aromatic carbocycles. The van der Waals surface area contributed by atoms with Crippen molar-refractivity contribution in [3.63, 3.8) is 0 Å². The molecule has 19 heavy (non-hydrogen) atoms. The van der Waals surface area contributed by atoms with Gasteiger partial charge in [-0.25, -0.2) is 4.79 Å². The highest BCUT2D eigenvalue weighted by Gasteiger charge is 2.47. The van der Waals surface area contributed by atoms with Crippen LogP contribution < -0.4 is 0 Å². The van der Waals surface area contributed by atoms with Gasteiger partial charge in [0.2, 0.25) is 0 Å². The number of carboxylic acids is 1. The highest BCUT2D eigenvalue weighted by Crippen LogP contribution is 2.59. The summed E-state index contributed by atoms with van der Waals surface area (Å²) in [4.78, 5) is 30.6. The van der Waals surface area contributed by atoms with E-state index in [0.717, 1.165) is 12.8 Å². The van der Waals surface area contributed by atoms with Crippen molar-refractivity contribution in [2.75, 3.05) is 0 Å². The molecule has 112 valence electrons. The third-order valence-electron chi connectivity index (χ3n) is 3.84. The van der Waals surface area contributed by atoms with Gasteiger partial charge in [0.05, 0.1) is 5.16 Å². The molecule has 0 atom stereocenters. The van der Waals surface area contributed by atoms with E-state index in [9.17, 15) is 19.1 Å². The lowest BCUT2D eigenvalue weighted by Crippen LogP contribution is -2.32. The second-order valence-electron chi connectivity index (χ2n) is 4.79. The number of rotatable bonds is 8. The van der Waals surface area contributed by atoms with Gasteiger partial charge in [-0.15, -0.1) is 0 Å². The first-order valence-electron chi connectivity index (χ1n) is 6.67. The van der Waals surface area contributed by atoms with Crippen molar-refractivity contribution in [1.82, 2.24) is 0 Å². The summed E-state index contributed by atoms with van der Waals surface area (Å²) in [6.07, 6.45) is 2.46.